The maximum Gasteiger partial charge on any atom is 0.253 e. The van der Waals surface area contributed by atoms with Crippen LogP contribution in [0.1, 0.15) is 29.3 Å². The minimum atomic E-state index is 0. The number of aryl methyl sites for hydroxylation is 1. The molecule has 3 nitrogen and oxygen atoms in total. The number of benzene rings is 1. The van der Waals surface area contributed by atoms with Gasteiger partial charge in [0.05, 0.1) is 0 Å². The van der Waals surface area contributed by atoms with Crippen molar-refractivity contribution >= 4 is 29.9 Å². The van der Waals surface area contributed by atoms with Gasteiger partial charge in [-0.05, 0) is 43.0 Å². The lowest BCUT2D eigenvalue weighted by molar-refractivity contribution is 0.0664. The Bertz CT molecular complexity index is 445. The van der Waals surface area contributed by atoms with Gasteiger partial charge >= 0.3 is 0 Å². The van der Waals surface area contributed by atoms with Crippen LogP contribution in [0.2, 0.25) is 5.02 Å². The van der Waals surface area contributed by atoms with E-state index in [1.165, 1.54) is 0 Å². The van der Waals surface area contributed by atoms with Gasteiger partial charge in [0.1, 0.15) is 0 Å². The smallest absolute Gasteiger partial charge is 0.253 e. The van der Waals surface area contributed by atoms with Crippen molar-refractivity contribution in [2.45, 2.75) is 26.3 Å². The number of carbonyl (C=O) groups is 1. The molecule has 0 radical (unpaired) electrons. The number of hydrogen-bond acceptors (Lipinski definition) is 2. The summed E-state index contributed by atoms with van der Waals surface area (Å²) in [6.07, 6.45) is 0.868. The summed E-state index contributed by atoms with van der Waals surface area (Å²) in [4.78, 5) is 14.3. The van der Waals surface area contributed by atoms with Crippen LogP contribution in [0.25, 0.3) is 0 Å². The van der Waals surface area contributed by atoms with E-state index >= 15 is 0 Å². The molecule has 1 aliphatic rings. The van der Waals surface area contributed by atoms with Crippen LogP contribution in [-0.4, -0.2) is 29.9 Å². The summed E-state index contributed by atoms with van der Waals surface area (Å²) in [6, 6.07) is 5.67. The van der Waals surface area contributed by atoms with E-state index in [0.29, 0.717) is 16.5 Å². The van der Waals surface area contributed by atoms with Gasteiger partial charge < -0.3 is 10.6 Å². The highest BCUT2D eigenvalue weighted by molar-refractivity contribution is 6.31. The molecule has 2 unspecified atom stereocenters. The minimum Gasteiger partial charge on any atom is -0.338 e. The highest BCUT2D eigenvalue weighted by Crippen LogP contribution is 2.20. The molecule has 106 valence electrons. The van der Waals surface area contributed by atoms with Gasteiger partial charge in [-0.3, -0.25) is 4.79 Å². The van der Waals surface area contributed by atoms with Gasteiger partial charge in [-0.2, -0.15) is 0 Å². The minimum absolute atomic E-state index is 0. The SMILES string of the molecule is Cc1cc(Cl)cc(C(=O)N2CCC(N)C(C)C2)c1.Cl. The number of carbonyl (C=O) groups excluding carboxylic acids is 1. The van der Waals surface area contributed by atoms with Crippen LogP contribution < -0.4 is 5.73 Å². The molecule has 1 fully saturated rings. The number of rotatable bonds is 1. The van der Waals surface area contributed by atoms with Gasteiger partial charge in [0.2, 0.25) is 0 Å². The van der Waals surface area contributed by atoms with Crippen molar-refractivity contribution in [3.8, 4) is 0 Å². The van der Waals surface area contributed by atoms with E-state index in [-0.39, 0.29) is 24.4 Å². The first-order valence-corrected chi connectivity index (χ1v) is 6.67. The second-order valence-corrected chi connectivity index (χ2v) is 5.63. The summed E-state index contributed by atoms with van der Waals surface area (Å²) in [5.74, 6) is 0.405. The zero-order valence-corrected chi connectivity index (χ0v) is 12.8. The summed E-state index contributed by atoms with van der Waals surface area (Å²) in [5, 5.41) is 0.611. The fraction of sp³-hybridized carbons (Fsp3) is 0.500. The second-order valence-electron chi connectivity index (χ2n) is 5.20. The number of piperidine rings is 1. The molecule has 5 heteroatoms. The molecule has 19 heavy (non-hydrogen) atoms. The Morgan fingerprint density at radius 2 is 2.11 bits per heavy atom. The Kier molecular flexibility index (Phi) is 5.65. The third-order valence-corrected chi connectivity index (χ3v) is 3.77. The third-order valence-electron chi connectivity index (χ3n) is 3.55. The van der Waals surface area contributed by atoms with Gasteiger partial charge in [-0.25, -0.2) is 0 Å². The molecule has 2 rings (SSSR count). The van der Waals surface area contributed by atoms with Crippen LogP contribution >= 0.6 is 24.0 Å². The van der Waals surface area contributed by atoms with Crippen molar-refractivity contribution in [3.63, 3.8) is 0 Å². The molecular formula is C14H20Cl2N2O. The highest BCUT2D eigenvalue weighted by Gasteiger charge is 2.26. The maximum atomic E-state index is 12.4. The largest absolute Gasteiger partial charge is 0.338 e. The second kappa shape index (κ2) is 6.60. The number of halogens is 2. The Labute approximate surface area is 125 Å². The fourth-order valence-electron chi connectivity index (χ4n) is 2.39. The summed E-state index contributed by atoms with van der Waals surface area (Å²) < 4.78 is 0. The molecule has 1 aliphatic heterocycles. The third kappa shape index (κ3) is 3.85. The number of nitrogens with zero attached hydrogens (tertiary/aromatic N) is 1. The summed E-state index contributed by atoms with van der Waals surface area (Å²) >= 11 is 5.99. The zero-order chi connectivity index (χ0) is 13.3. The molecule has 2 atom stereocenters. The lowest BCUT2D eigenvalue weighted by Gasteiger charge is -2.35. The topological polar surface area (TPSA) is 46.3 Å². The standard InChI is InChI=1S/C14H19ClN2O.ClH/c1-9-5-11(7-12(15)6-9)14(18)17-4-3-13(16)10(2)8-17;/h5-7,10,13H,3-4,8,16H2,1-2H3;1H. The van der Waals surface area contributed by atoms with Crippen molar-refractivity contribution in [2.24, 2.45) is 11.7 Å². The van der Waals surface area contributed by atoms with Crippen LogP contribution in [0.15, 0.2) is 18.2 Å². The summed E-state index contributed by atoms with van der Waals surface area (Å²) in [7, 11) is 0. The molecule has 0 spiro atoms. The lowest BCUT2D eigenvalue weighted by Crippen LogP contribution is -2.48. The average Bonchev–Trinajstić information content (AvgIpc) is 2.30. The van der Waals surface area contributed by atoms with Gasteiger partial charge in [-0.15, -0.1) is 12.4 Å². The molecule has 1 aromatic rings. The van der Waals surface area contributed by atoms with E-state index in [1.807, 2.05) is 24.0 Å². The molecule has 0 saturated carbocycles. The number of amides is 1. The van der Waals surface area contributed by atoms with Gasteiger partial charge in [-0.1, -0.05) is 18.5 Å². The number of likely N-dealkylation sites (tertiary alicyclic amines) is 1. The predicted octanol–water partition coefficient (Wildman–Crippen LogP) is 2.88. The molecular weight excluding hydrogens is 283 g/mol. The molecule has 0 aromatic heterocycles. The van der Waals surface area contributed by atoms with Crippen molar-refractivity contribution in [1.29, 1.82) is 0 Å². The Morgan fingerprint density at radius 1 is 1.42 bits per heavy atom. The maximum absolute atomic E-state index is 12.4. The highest BCUT2D eigenvalue weighted by atomic mass is 35.5. The van der Waals surface area contributed by atoms with Crippen LogP contribution in [0.5, 0.6) is 0 Å². The van der Waals surface area contributed by atoms with Crippen molar-refractivity contribution in [2.75, 3.05) is 13.1 Å². The molecule has 0 aliphatic carbocycles. The summed E-state index contributed by atoms with van der Waals surface area (Å²) in [6.45, 7) is 5.49. The van der Waals surface area contributed by atoms with Gasteiger partial charge in [0.15, 0.2) is 0 Å². The average molecular weight is 303 g/mol. The van der Waals surface area contributed by atoms with Crippen LogP contribution in [0.4, 0.5) is 0 Å². The van der Waals surface area contributed by atoms with E-state index < -0.39 is 0 Å². The van der Waals surface area contributed by atoms with E-state index in [4.69, 9.17) is 17.3 Å². The molecule has 1 saturated heterocycles. The van der Waals surface area contributed by atoms with E-state index in [1.54, 1.807) is 6.07 Å². The molecule has 1 aromatic carbocycles. The lowest BCUT2D eigenvalue weighted by atomic mass is 9.94. The monoisotopic (exact) mass is 302 g/mol. The molecule has 0 bridgehead atoms. The zero-order valence-electron chi connectivity index (χ0n) is 11.2. The first-order chi connectivity index (χ1) is 8.47. The number of nitrogens with two attached hydrogens (primary N) is 1. The first-order valence-electron chi connectivity index (χ1n) is 6.29. The van der Waals surface area contributed by atoms with Crippen LogP contribution in [0, 0.1) is 12.8 Å². The van der Waals surface area contributed by atoms with Crippen LogP contribution in [0.3, 0.4) is 0 Å². The van der Waals surface area contributed by atoms with Gasteiger partial charge in [0, 0.05) is 29.7 Å². The number of hydrogen-bond donors (Lipinski definition) is 1. The molecule has 1 amide bonds. The molecule has 1 heterocycles. The van der Waals surface area contributed by atoms with Crippen molar-refractivity contribution in [3.05, 3.63) is 34.3 Å². The van der Waals surface area contributed by atoms with E-state index in [0.717, 1.165) is 25.1 Å². The predicted molar refractivity (Wildman–Crippen MR) is 81.1 cm³/mol. The van der Waals surface area contributed by atoms with Gasteiger partial charge in [0.25, 0.3) is 5.91 Å². The Hall–Kier alpha value is -0.770. The summed E-state index contributed by atoms with van der Waals surface area (Å²) in [5.41, 5.74) is 7.64. The van der Waals surface area contributed by atoms with Crippen LogP contribution in [-0.2, 0) is 0 Å². The fourth-order valence-corrected chi connectivity index (χ4v) is 2.68. The quantitative estimate of drug-likeness (QED) is 0.867. The molecule has 2 N–H and O–H groups in total. The Balaban J connectivity index is 0.00000180. The van der Waals surface area contributed by atoms with Crippen molar-refractivity contribution < 1.29 is 4.79 Å². The Morgan fingerprint density at radius 3 is 2.68 bits per heavy atom. The first kappa shape index (κ1) is 16.3. The van der Waals surface area contributed by atoms with Crippen molar-refractivity contribution in [1.82, 2.24) is 4.90 Å². The normalized spacial score (nSPS) is 22.8. The van der Waals surface area contributed by atoms with E-state index in [2.05, 4.69) is 6.92 Å². The van der Waals surface area contributed by atoms with E-state index in [9.17, 15) is 4.79 Å².